The van der Waals surface area contributed by atoms with Crippen molar-refractivity contribution in [3.05, 3.63) is 24.3 Å². The third kappa shape index (κ3) is 2.11. The molecule has 20 heavy (non-hydrogen) atoms. The van der Waals surface area contributed by atoms with Gasteiger partial charge in [-0.1, -0.05) is 0 Å². The minimum Gasteiger partial charge on any atom is -0.494 e. The second-order valence-corrected chi connectivity index (χ2v) is 4.47. The molecule has 0 bridgehead atoms. The Morgan fingerprint density at radius 3 is 3.00 bits per heavy atom. The van der Waals surface area contributed by atoms with Crippen molar-refractivity contribution in [3.63, 3.8) is 0 Å². The van der Waals surface area contributed by atoms with Crippen molar-refractivity contribution < 1.29 is 13.9 Å². The first-order chi connectivity index (χ1) is 9.69. The van der Waals surface area contributed by atoms with E-state index in [2.05, 4.69) is 15.3 Å². The monoisotopic (exact) mass is 276 g/mol. The molecule has 1 amide bonds. The van der Waals surface area contributed by atoms with Gasteiger partial charge in [0, 0.05) is 24.5 Å². The number of amides is 1. The van der Waals surface area contributed by atoms with Gasteiger partial charge in [-0.25, -0.2) is 14.4 Å². The van der Waals surface area contributed by atoms with Gasteiger partial charge in [0.15, 0.2) is 11.6 Å². The molecule has 0 spiro atoms. The van der Waals surface area contributed by atoms with Crippen molar-refractivity contribution in [2.45, 2.75) is 0 Å². The van der Waals surface area contributed by atoms with E-state index in [9.17, 15) is 9.18 Å². The molecule has 7 heteroatoms. The van der Waals surface area contributed by atoms with Crippen LogP contribution in [-0.4, -0.2) is 42.6 Å². The Kier molecular flexibility index (Phi) is 3.09. The Morgan fingerprint density at radius 2 is 2.25 bits per heavy atom. The smallest absolute Gasteiger partial charge is 0.239 e. The lowest BCUT2D eigenvalue weighted by Crippen LogP contribution is -2.48. The van der Waals surface area contributed by atoms with Crippen molar-refractivity contribution >= 4 is 22.6 Å². The third-order valence-corrected chi connectivity index (χ3v) is 3.23. The number of aromatic nitrogens is 2. The molecule has 1 saturated heterocycles. The molecule has 104 valence electrons. The van der Waals surface area contributed by atoms with Crippen LogP contribution < -0.4 is 15.0 Å². The molecular formula is C13H13FN4O2. The van der Waals surface area contributed by atoms with Gasteiger partial charge in [-0.2, -0.15) is 0 Å². The highest BCUT2D eigenvalue weighted by Gasteiger charge is 2.20. The van der Waals surface area contributed by atoms with Crippen molar-refractivity contribution in [2.75, 3.05) is 31.6 Å². The Labute approximate surface area is 114 Å². The number of anilines is 1. The number of nitrogens with zero attached hydrogens (tertiary/aromatic N) is 3. The highest BCUT2D eigenvalue weighted by Crippen LogP contribution is 2.29. The number of carbonyl (C=O) groups is 1. The summed E-state index contributed by atoms with van der Waals surface area (Å²) < 4.78 is 18.7. The molecule has 2 heterocycles. The molecule has 0 unspecified atom stereocenters. The fourth-order valence-electron chi connectivity index (χ4n) is 2.27. The van der Waals surface area contributed by atoms with Gasteiger partial charge in [0.05, 0.1) is 19.2 Å². The minimum atomic E-state index is -0.471. The largest absolute Gasteiger partial charge is 0.494 e. The zero-order chi connectivity index (χ0) is 14.1. The van der Waals surface area contributed by atoms with Gasteiger partial charge >= 0.3 is 0 Å². The summed E-state index contributed by atoms with van der Waals surface area (Å²) in [7, 11) is 1.40. The summed E-state index contributed by atoms with van der Waals surface area (Å²) in [6.07, 6.45) is 1.37. The topological polar surface area (TPSA) is 67.3 Å². The van der Waals surface area contributed by atoms with Crippen molar-refractivity contribution in [1.29, 1.82) is 0 Å². The third-order valence-electron chi connectivity index (χ3n) is 3.23. The maximum Gasteiger partial charge on any atom is 0.239 e. The van der Waals surface area contributed by atoms with Crippen LogP contribution in [0.4, 0.5) is 10.2 Å². The van der Waals surface area contributed by atoms with Crippen molar-refractivity contribution in [1.82, 2.24) is 15.3 Å². The predicted octanol–water partition coefficient (Wildman–Crippen LogP) is 0.714. The lowest BCUT2D eigenvalue weighted by molar-refractivity contribution is -0.120. The van der Waals surface area contributed by atoms with Crippen LogP contribution in [0.25, 0.3) is 10.9 Å². The van der Waals surface area contributed by atoms with Crippen LogP contribution >= 0.6 is 0 Å². The molecule has 1 aliphatic rings. The molecule has 0 atom stereocenters. The van der Waals surface area contributed by atoms with Crippen LogP contribution in [0.3, 0.4) is 0 Å². The van der Waals surface area contributed by atoms with E-state index in [4.69, 9.17) is 4.74 Å². The summed E-state index contributed by atoms with van der Waals surface area (Å²) in [5.41, 5.74) is 0.485. The van der Waals surface area contributed by atoms with Gasteiger partial charge in [0.25, 0.3) is 0 Å². The number of fused-ring (bicyclic) bond motifs is 1. The Balaban J connectivity index is 2.12. The molecule has 1 fully saturated rings. The standard InChI is InChI=1S/C13H13FN4O2/c1-20-11-4-8-10(5-9(11)14)16-7-17-13(8)18-3-2-15-12(19)6-18/h4-5,7H,2-3,6H2,1H3,(H,15,19). The first-order valence-electron chi connectivity index (χ1n) is 6.19. The SMILES string of the molecule is COc1cc2c(N3CCNC(=O)C3)ncnc2cc1F. The predicted molar refractivity (Wildman–Crippen MR) is 71.3 cm³/mol. The van der Waals surface area contributed by atoms with E-state index in [-0.39, 0.29) is 18.2 Å². The molecular weight excluding hydrogens is 263 g/mol. The van der Waals surface area contributed by atoms with E-state index in [1.807, 2.05) is 4.90 Å². The quantitative estimate of drug-likeness (QED) is 0.875. The zero-order valence-electron chi connectivity index (χ0n) is 10.9. The van der Waals surface area contributed by atoms with Crippen LogP contribution in [0.15, 0.2) is 18.5 Å². The molecule has 3 rings (SSSR count). The number of rotatable bonds is 2. The lowest BCUT2D eigenvalue weighted by atomic mass is 10.2. The van der Waals surface area contributed by atoms with E-state index in [1.54, 1.807) is 6.07 Å². The zero-order valence-corrected chi connectivity index (χ0v) is 10.9. The molecule has 1 N–H and O–H groups in total. The van der Waals surface area contributed by atoms with Gasteiger partial charge < -0.3 is 15.0 Å². The molecule has 0 radical (unpaired) electrons. The molecule has 0 saturated carbocycles. The summed E-state index contributed by atoms with van der Waals surface area (Å²) >= 11 is 0. The summed E-state index contributed by atoms with van der Waals surface area (Å²) in [4.78, 5) is 21.6. The lowest BCUT2D eigenvalue weighted by Gasteiger charge is -2.28. The molecule has 1 aromatic carbocycles. The number of ether oxygens (including phenoxy) is 1. The Hall–Kier alpha value is -2.44. The normalized spacial score (nSPS) is 15.3. The molecule has 2 aromatic rings. The number of benzene rings is 1. The van der Waals surface area contributed by atoms with E-state index >= 15 is 0 Å². The van der Waals surface area contributed by atoms with Gasteiger partial charge in [-0.3, -0.25) is 4.79 Å². The summed E-state index contributed by atoms with van der Waals surface area (Å²) in [5, 5.41) is 3.42. The second-order valence-electron chi connectivity index (χ2n) is 4.47. The minimum absolute atomic E-state index is 0.0583. The highest BCUT2D eigenvalue weighted by atomic mass is 19.1. The van der Waals surface area contributed by atoms with E-state index < -0.39 is 5.82 Å². The van der Waals surface area contributed by atoms with Crippen molar-refractivity contribution in [3.8, 4) is 5.75 Å². The van der Waals surface area contributed by atoms with Crippen molar-refractivity contribution in [2.24, 2.45) is 0 Å². The number of nitrogens with one attached hydrogen (secondary N) is 1. The fourth-order valence-corrected chi connectivity index (χ4v) is 2.27. The first kappa shape index (κ1) is 12.6. The molecule has 6 nitrogen and oxygen atoms in total. The first-order valence-corrected chi connectivity index (χ1v) is 6.19. The van der Waals surface area contributed by atoms with Gasteiger partial charge in [0.2, 0.25) is 5.91 Å². The fraction of sp³-hybridized carbons (Fsp3) is 0.308. The number of piperazine rings is 1. The number of methoxy groups -OCH3 is 1. The summed E-state index contributed by atoms with van der Waals surface area (Å²) in [6.45, 7) is 1.44. The average molecular weight is 276 g/mol. The number of hydrogen-bond acceptors (Lipinski definition) is 5. The summed E-state index contributed by atoms with van der Waals surface area (Å²) in [5.74, 6) is 0.219. The maximum absolute atomic E-state index is 13.7. The van der Waals surface area contributed by atoms with Crippen LogP contribution in [0.2, 0.25) is 0 Å². The number of halogens is 1. The van der Waals surface area contributed by atoms with Crippen LogP contribution in [0, 0.1) is 5.82 Å². The van der Waals surface area contributed by atoms with Gasteiger partial charge in [0.1, 0.15) is 12.1 Å². The Bertz CT molecular complexity index is 677. The molecule has 1 aromatic heterocycles. The van der Waals surface area contributed by atoms with Gasteiger partial charge in [-0.15, -0.1) is 0 Å². The van der Waals surface area contributed by atoms with Crippen LogP contribution in [0.5, 0.6) is 5.75 Å². The number of carbonyl (C=O) groups excluding carboxylic acids is 1. The maximum atomic E-state index is 13.7. The molecule has 1 aliphatic heterocycles. The summed E-state index contributed by atoms with van der Waals surface area (Å²) in [6, 6.07) is 2.87. The second kappa shape index (κ2) is 4.92. The Morgan fingerprint density at radius 1 is 1.40 bits per heavy atom. The highest BCUT2D eigenvalue weighted by molar-refractivity contribution is 5.93. The van der Waals surface area contributed by atoms with Gasteiger partial charge in [-0.05, 0) is 6.07 Å². The van der Waals surface area contributed by atoms with E-state index in [0.29, 0.717) is 29.8 Å². The average Bonchev–Trinajstić information content (AvgIpc) is 2.45. The van der Waals surface area contributed by atoms with Crippen LogP contribution in [-0.2, 0) is 4.79 Å². The molecule has 0 aliphatic carbocycles. The van der Waals surface area contributed by atoms with E-state index in [1.165, 1.54) is 19.5 Å². The van der Waals surface area contributed by atoms with E-state index in [0.717, 1.165) is 0 Å². The van der Waals surface area contributed by atoms with Crippen LogP contribution in [0.1, 0.15) is 0 Å². The number of hydrogen-bond donors (Lipinski definition) is 1.